The molecule has 1 fully saturated rings. The van der Waals surface area contributed by atoms with Crippen LogP contribution in [0.2, 0.25) is 0 Å². The van der Waals surface area contributed by atoms with Crippen LogP contribution in [0.4, 0.5) is 10.5 Å². The number of rotatable bonds is 3. The second-order valence-corrected chi connectivity index (χ2v) is 6.45. The van der Waals surface area contributed by atoms with E-state index in [1.807, 2.05) is 36.6 Å². The molecule has 22 heavy (non-hydrogen) atoms. The topological polar surface area (TPSA) is 65.5 Å². The van der Waals surface area contributed by atoms with Gasteiger partial charge in [0.2, 0.25) is 0 Å². The first-order valence-corrected chi connectivity index (χ1v) is 8.23. The first-order chi connectivity index (χ1) is 10.7. The van der Waals surface area contributed by atoms with E-state index in [4.69, 9.17) is 5.11 Å². The van der Waals surface area contributed by atoms with Crippen LogP contribution in [-0.2, 0) is 0 Å². The molecular weight excluding hydrogens is 298 g/mol. The Morgan fingerprint density at radius 1 is 1.55 bits per heavy atom. The highest BCUT2D eigenvalue weighted by Crippen LogP contribution is 2.26. The number of aliphatic hydroxyl groups is 1. The van der Waals surface area contributed by atoms with Crippen LogP contribution in [0, 0.1) is 12.8 Å². The Hall–Kier alpha value is -1.92. The van der Waals surface area contributed by atoms with Gasteiger partial charge in [0.1, 0.15) is 5.01 Å². The molecule has 0 radical (unpaired) electrons. The lowest BCUT2D eigenvalue weighted by atomic mass is 10.1. The second-order valence-electron chi connectivity index (χ2n) is 5.59. The number of hydrogen-bond donors (Lipinski definition) is 2. The maximum atomic E-state index is 12.2. The van der Waals surface area contributed by atoms with Gasteiger partial charge in [0.15, 0.2) is 0 Å². The van der Waals surface area contributed by atoms with Crippen LogP contribution in [0.1, 0.15) is 12.1 Å². The van der Waals surface area contributed by atoms with Crippen molar-refractivity contribution in [3.63, 3.8) is 0 Å². The number of carbonyl (C=O) groups is 1. The zero-order valence-electron chi connectivity index (χ0n) is 12.5. The van der Waals surface area contributed by atoms with Gasteiger partial charge in [-0.25, -0.2) is 9.78 Å². The number of aliphatic hydroxyl groups excluding tert-OH is 1. The fraction of sp³-hybridized carbons (Fsp3) is 0.375. The molecule has 5 nitrogen and oxygen atoms in total. The third-order valence-corrected chi connectivity index (χ3v) is 4.82. The number of aryl methyl sites for hydroxylation is 1. The minimum absolute atomic E-state index is 0.108. The van der Waals surface area contributed by atoms with Crippen LogP contribution >= 0.6 is 11.3 Å². The van der Waals surface area contributed by atoms with Gasteiger partial charge in [-0.1, -0.05) is 12.1 Å². The Kier molecular flexibility index (Phi) is 4.40. The van der Waals surface area contributed by atoms with E-state index in [1.54, 1.807) is 16.2 Å². The van der Waals surface area contributed by atoms with Crippen molar-refractivity contribution in [2.45, 2.75) is 13.3 Å². The number of amides is 2. The summed E-state index contributed by atoms with van der Waals surface area (Å²) in [6.07, 6.45) is 0.863. The molecule has 116 valence electrons. The molecule has 0 aliphatic carbocycles. The zero-order valence-corrected chi connectivity index (χ0v) is 13.3. The molecule has 1 unspecified atom stereocenters. The fourth-order valence-electron chi connectivity index (χ4n) is 2.59. The van der Waals surface area contributed by atoms with Crippen LogP contribution in [0.15, 0.2) is 29.6 Å². The van der Waals surface area contributed by atoms with Crippen molar-refractivity contribution in [3.8, 4) is 10.6 Å². The monoisotopic (exact) mass is 317 g/mol. The summed E-state index contributed by atoms with van der Waals surface area (Å²) in [5.74, 6) is 0.204. The number of aromatic nitrogens is 1. The molecular formula is C16H19N3O2S. The number of nitrogens with zero attached hydrogens (tertiary/aromatic N) is 2. The molecule has 1 aromatic carbocycles. The number of thiazole rings is 1. The SMILES string of the molecule is Cc1csc(-c2cccc(NC(=O)N3CCC(CO)C3)c2)n1. The lowest BCUT2D eigenvalue weighted by Gasteiger charge is -2.17. The number of nitrogens with one attached hydrogen (secondary N) is 1. The normalized spacial score (nSPS) is 17.7. The van der Waals surface area contributed by atoms with Gasteiger partial charge in [-0.2, -0.15) is 0 Å². The highest BCUT2D eigenvalue weighted by Gasteiger charge is 2.25. The molecule has 0 saturated carbocycles. The number of hydrogen-bond acceptors (Lipinski definition) is 4. The number of carbonyl (C=O) groups excluding carboxylic acids is 1. The lowest BCUT2D eigenvalue weighted by molar-refractivity contribution is 0.209. The van der Waals surface area contributed by atoms with Gasteiger partial charge in [-0.3, -0.25) is 0 Å². The Morgan fingerprint density at radius 2 is 2.41 bits per heavy atom. The first kappa shape index (κ1) is 15.0. The van der Waals surface area contributed by atoms with Crippen LogP contribution in [0.25, 0.3) is 10.6 Å². The second kappa shape index (κ2) is 6.46. The average molecular weight is 317 g/mol. The predicted molar refractivity (Wildman–Crippen MR) is 88.1 cm³/mol. The average Bonchev–Trinajstić information content (AvgIpc) is 3.16. The molecule has 2 heterocycles. The smallest absolute Gasteiger partial charge is 0.321 e. The molecule has 1 atom stereocenters. The minimum atomic E-state index is -0.108. The van der Waals surface area contributed by atoms with Crippen LogP contribution in [0.5, 0.6) is 0 Å². The van der Waals surface area contributed by atoms with E-state index in [2.05, 4.69) is 10.3 Å². The molecule has 3 rings (SSSR count). The van der Waals surface area contributed by atoms with Gasteiger partial charge in [-0.05, 0) is 25.5 Å². The first-order valence-electron chi connectivity index (χ1n) is 7.35. The van der Waals surface area contributed by atoms with E-state index in [9.17, 15) is 4.79 Å². The molecule has 2 aromatic rings. The lowest BCUT2D eigenvalue weighted by Crippen LogP contribution is -2.33. The number of anilines is 1. The third kappa shape index (κ3) is 3.28. The summed E-state index contributed by atoms with van der Waals surface area (Å²) in [5, 5.41) is 15.1. The fourth-order valence-corrected chi connectivity index (χ4v) is 3.38. The van der Waals surface area contributed by atoms with Gasteiger partial charge >= 0.3 is 6.03 Å². The maximum Gasteiger partial charge on any atom is 0.321 e. The van der Waals surface area contributed by atoms with Gasteiger partial charge in [0.05, 0.1) is 0 Å². The van der Waals surface area contributed by atoms with Crippen molar-refractivity contribution < 1.29 is 9.90 Å². The van der Waals surface area contributed by atoms with Crippen LogP contribution < -0.4 is 5.32 Å². The standard InChI is InChI=1S/C16H19N3O2S/c1-11-10-22-15(17-11)13-3-2-4-14(7-13)18-16(21)19-6-5-12(8-19)9-20/h2-4,7,10,12,20H,5-6,8-9H2,1H3,(H,18,21). The van der Waals surface area contributed by atoms with Crippen molar-refractivity contribution in [2.75, 3.05) is 25.0 Å². The molecule has 0 bridgehead atoms. The summed E-state index contributed by atoms with van der Waals surface area (Å²) in [6.45, 7) is 3.43. The summed E-state index contributed by atoms with van der Waals surface area (Å²) in [7, 11) is 0. The zero-order chi connectivity index (χ0) is 15.5. The van der Waals surface area contributed by atoms with E-state index >= 15 is 0 Å². The summed E-state index contributed by atoms with van der Waals surface area (Å²) in [4.78, 5) is 18.5. The molecule has 1 aromatic heterocycles. The van der Waals surface area contributed by atoms with Crippen molar-refractivity contribution >= 4 is 23.1 Å². The number of benzene rings is 1. The van der Waals surface area contributed by atoms with Crippen LogP contribution in [0.3, 0.4) is 0 Å². The van der Waals surface area contributed by atoms with Gasteiger partial charge in [0.25, 0.3) is 0 Å². The summed E-state index contributed by atoms with van der Waals surface area (Å²) >= 11 is 1.60. The van der Waals surface area contributed by atoms with E-state index in [-0.39, 0.29) is 18.6 Å². The van der Waals surface area contributed by atoms with Crippen molar-refractivity contribution in [2.24, 2.45) is 5.92 Å². The molecule has 1 saturated heterocycles. The minimum Gasteiger partial charge on any atom is -0.396 e. The summed E-state index contributed by atoms with van der Waals surface area (Å²) < 4.78 is 0. The summed E-state index contributed by atoms with van der Waals surface area (Å²) in [6, 6.07) is 7.62. The van der Waals surface area contributed by atoms with E-state index in [0.717, 1.165) is 28.4 Å². The number of likely N-dealkylation sites (tertiary alicyclic amines) is 1. The van der Waals surface area contributed by atoms with E-state index < -0.39 is 0 Å². The molecule has 0 spiro atoms. The Morgan fingerprint density at radius 3 is 3.09 bits per heavy atom. The predicted octanol–water partition coefficient (Wildman–Crippen LogP) is 2.96. The van der Waals surface area contributed by atoms with Gasteiger partial charge < -0.3 is 15.3 Å². The van der Waals surface area contributed by atoms with Crippen molar-refractivity contribution in [1.82, 2.24) is 9.88 Å². The molecule has 1 aliphatic rings. The van der Waals surface area contributed by atoms with Crippen LogP contribution in [-0.4, -0.2) is 40.7 Å². The van der Waals surface area contributed by atoms with Gasteiger partial charge in [0, 0.05) is 47.9 Å². The third-order valence-electron chi connectivity index (χ3n) is 3.81. The van der Waals surface area contributed by atoms with E-state index in [0.29, 0.717) is 13.1 Å². The Labute approximate surface area is 133 Å². The summed E-state index contributed by atoms with van der Waals surface area (Å²) in [5.41, 5.74) is 2.77. The Bertz CT molecular complexity index is 671. The van der Waals surface area contributed by atoms with Crippen molar-refractivity contribution in [3.05, 3.63) is 35.3 Å². The maximum absolute atomic E-state index is 12.2. The highest BCUT2D eigenvalue weighted by molar-refractivity contribution is 7.13. The van der Waals surface area contributed by atoms with Gasteiger partial charge in [-0.15, -0.1) is 11.3 Å². The van der Waals surface area contributed by atoms with E-state index in [1.165, 1.54) is 0 Å². The largest absolute Gasteiger partial charge is 0.396 e. The quantitative estimate of drug-likeness (QED) is 0.914. The molecule has 2 amide bonds. The Balaban J connectivity index is 1.69. The highest BCUT2D eigenvalue weighted by atomic mass is 32.1. The molecule has 2 N–H and O–H groups in total. The molecule has 1 aliphatic heterocycles. The molecule has 6 heteroatoms. The number of urea groups is 1. The van der Waals surface area contributed by atoms with Crippen molar-refractivity contribution in [1.29, 1.82) is 0 Å².